The summed E-state index contributed by atoms with van der Waals surface area (Å²) >= 11 is 10.1. The first kappa shape index (κ1) is 14.3. The van der Waals surface area contributed by atoms with Crippen molar-refractivity contribution in [1.82, 2.24) is 0 Å². The first-order valence-corrected chi connectivity index (χ1v) is 7.16. The summed E-state index contributed by atoms with van der Waals surface area (Å²) < 4.78 is 1.58. The second-order valence-corrected chi connectivity index (χ2v) is 8.00. The predicted molar refractivity (Wildman–Crippen MR) is 80.5 cm³/mol. The molecule has 0 aliphatic carbocycles. The van der Waals surface area contributed by atoms with Gasteiger partial charge in [-0.2, -0.15) is 0 Å². The van der Waals surface area contributed by atoms with Gasteiger partial charge in [-0.05, 0) is 70.9 Å². The van der Waals surface area contributed by atoms with Gasteiger partial charge in [-0.3, -0.25) is 0 Å². The van der Waals surface area contributed by atoms with E-state index in [2.05, 4.69) is 68.6 Å². The van der Waals surface area contributed by atoms with Crippen LogP contribution in [-0.4, -0.2) is 5.11 Å². The van der Waals surface area contributed by atoms with Crippen molar-refractivity contribution in [3.05, 3.63) is 32.7 Å². The van der Waals surface area contributed by atoms with E-state index >= 15 is 0 Å². The molecule has 0 fully saturated rings. The minimum absolute atomic E-state index is 0.0640. The maximum atomic E-state index is 9.81. The molecular weight excluding hydrogens is 400 g/mol. The van der Waals surface area contributed by atoms with Gasteiger partial charge in [0.25, 0.3) is 0 Å². The van der Waals surface area contributed by atoms with E-state index < -0.39 is 0 Å². The Balaban J connectivity index is 3.36. The van der Waals surface area contributed by atoms with E-state index in [1.54, 1.807) is 6.07 Å². The van der Waals surface area contributed by atoms with Gasteiger partial charge in [-0.25, -0.2) is 0 Å². The SMILES string of the molecule is CC(C)(C)c1ccc(O)c(C(Br)=C(Br)Br)c1. The van der Waals surface area contributed by atoms with E-state index in [0.29, 0.717) is 0 Å². The van der Waals surface area contributed by atoms with Crippen LogP contribution in [0.5, 0.6) is 5.75 Å². The summed E-state index contributed by atoms with van der Waals surface area (Å²) in [7, 11) is 0. The Bertz CT molecular complexity index is 426. The fourth-order valence-electron chi connectivity index (χ4n) is 1.28. The number of hydrogen-bond acceptors (Lipinski definition) is 1. The first-order chi connectivity index (χ1) is 7.23. The van der Waals surface area contributed by atoms with Gasteiger partial charge in [0.2, 0.25) is 0 Å². The highest BCUT2D eigenvalue weighted by Crippen LogP contribution is 2.38. The molecule has 0 aliphatic heterocycles. The molecule has 0 aliphatic rings. The molecule has 1 aromatic rings. The highest BCUT2D eigenvalue weighted by molar-refractivity contribution is 9.29. The van der Waals surface area contributed by atoms with Gasteiger partial charge in [0, 0.05) is 10.0 Å². The smallest absolute Gasteiger partial charge is 0.124 e. The third-order valence-electron chi connectivity index (χ3n) is 2.26. The molecule has 1 N–H and O–H groups in total. The van der Waals surface area contributed by atoms with Gasteiger partial charge in [0.05, 0.1) is 3.39 Å². The van der Waals surface area contributed by atoms with Crippen LogP contribution in [-0.2, 0) is 5.41 Å². The van der Waals surface area contributed by atoms with Crippen molar-refractivity contribution in [3.63, 3.8) is 0 Å². The van der Waals surface area contributed by atoms with Crippen LogP contribution in [0.3, 0.4) is 0 Å². The van der Waals surface area contributed by atoms with E-state index in [0.717, 1.165) is 13.4 Å². The normalized spacial score (nSPS) is 11.4. The Morgan fingerprint density at radius 3 is 2.12 bits per heavy atom. The average molecular weight is 413 g/mol. The number of phenols is 1. The lowest BCUT2D eigenvalue weighted by molar-refractivity contribution is 0.472. The van der Waals surface area contributed by atoms with Gasteiger partial charge in [-0.15, -0.1) is 0 Å². The Morgan fingerprint density at radius 1 is 1.12 bits per heavy atom. The molecule has 0 aromatic heterocycles. The van der Waals surface area contributed by atoms with E-state index in [9.17, 15) is 5.11 Å². The number of hydrogen-bond donors (Lipinski definition) is 1. The van der Waals surface area contributed by atoms with Crippen molar-refractivity contribution in [2.75, 3.05) is 0 Å². The highest BCUT2D eigenvalue weighted by atomic mass is 79.9. The van der Waals surface area contributed by atoms with Crippen LogP contribution >= 0.6 is 47.8 Å². The van der Waals surface area contributed by atoms with Gasteiger partial charge in [-0.1, -0.05) is 26.8 Å². The topological polar surface area (TPSA) is 20.2 Å². The average Bonchev–Trinajstić information content (AvgIpc) is 2.15. The second-order valence-electron chi connectivity index (χ2n) is 4.56. The molecule has 0 unspecified atom stereocenters. The zero-order valence-corrected chi connectivity index (χ0v) is 14.1. The van der Waals surface area contributed by atoms with E-state index in [1.807, 2.05) is 12.1 Å². The molecule has 0 saturated heterocycles. The zero-order valence-electron chi connectivity index (χ0n) is 9.31. The van der Waals surface area contributed by atoms with Crippen molar-refractivity contribution < 1.29 is 5.11 Å². The molecule has 4 heteroatoms. The quantitative estimate of drug-likeness (QED) is 0.645. The largest absolute Gasteiger partial charge is 0.507 e. The van der Waals surface area contributed by atoms with Crippen LogP contribution in [0.25, 0.3) is 4.48 Å². The second kappa shape index (κ2) is 5.23. The lowest BCUT2D eigenvalue weighted by Gasteiger charge is -2.20. The van der Waals surface area contributed by atoms with Crippen molar-refractivity contribution in [1.29, 1.82) is 0 Å². The van der Waals surface area contributed by atoms with E-state index in [-0.39, 0.29) is 11.2 Å². The summed E-state index contributed by atoms with van der Waals surface area (Å²) in [5.74, 6) is 0.260. The molecule has 16 heavy (non-hydrogen) atoms. The Kier molecular flexibility index (Phi) is 4.66. The summed E-state index contributed by atoms with van der Waals surface area (Å²) in [5.41, 5.74) is 2.02. The number of rotatable bonds is 1. The fraction of sp³-hybridized carbons (Fsp3) is 0.333. The summed E-state index contributed by atoms with van der Waals surface area (Å²) in [6.45, 7) is 6.43. The highest BCUT2D eigenvalue weighted by Gasteiger charge is 2.17. The van der Waals surface area contributed by atoms with Crippen molar-refractivity contribution in [3.8, 4) is 5.75 Å². The van der Waals surface area contributed by atoms with Crippen molar-refractivity contribution >= 4 is 52.3 Å². The van der Waals surface area contributed by atoms with Gasteiger partial charge >= 0.3 is 0 Å². The molecule has 0 spiro atoms. The van der Waals surface area contributed by atoms with Crippen molar-refractivity contribution in [2.45, 2.75) is 26.2 Å². The van der Waals surface area contributed by atoms with E-state index in [4.69, 9.17) is 0 Å². The van der Waals surface area contributed by atoms with E-state index in [1.165, 1.54) is 5.56 Å². The van der Waals surface area contributed by atoms with Gasteiger partial charge in [0.1, 0.15) is 5.75 Å². The summed E-state index contributed by atoms with van der Waals surface area (Å²) in [5, 5.41) is 9.81. The maximum absolute atomic E-state index is 9.81. The Morgan fingerprint density at radius 2 is 1.69 bits per heavy atom. The molecular formula is C12H13Br3O. The lowest BCUT2D eigenvalue weighted by Crippen LogP contribution is -2.11. The van der Waals surface area contributed by atoms with Crippen LogP contribution in [0.15, 0.2) is 21.6 Å². The maximum Gasteiger partial charge on any atom is 0.124 e. The number of benzene rings is 1. The Labute approximate surface area is 121 Å². The molecule has 0 heterocycles. The molecule has 0 atom stereocenters. The molecule has 0 saturated carbocycles. The third kappa shape index (κ3) is 3.34. The lowest BCUT2D eigenvalue weighted by atomic mass is 9.86. The molecule has 1 nitrogen and oxygen atoms in total. The van der Waals surface area contributed by atoms with Crippen LogP contribution in [0.2, 0.25) is 0 Å². The van der Waals surface area contributed by atoms with Gasteiger partial charge < -0.3 is 5.11 Å². The third-order valence-corrected chi connectivity index (χ3v) is 4.95. The minimum atomic E-state index is 0.0640. The minimum Gasteiger partial charge on any atom is -0.507 e. The number of halogens is 3. The van der Waals surface area contributed by atoms with Crippen molar-refractivity contribution in [2.24, 2.45) is 0 Å². The van der Waals surface area contributed by atoms with Crippen LogP contribution in [0.4, 0.5) is 0 Å². The summed E-state index contributed by atoms with van der Waals surface area (Å²) in [6, 6.07) is 5.66. The van der Waals surface area contributed by atoms with Crippen LogP contribution in [0.1, 0.15) is 31.9 Å². The molecule has 0 bridgehead atoms. The molecule has 0 radical (unpaired) electrons. The van der Waals surface area contributed by atoms with Crippen LogP contribution < -0.4 is 0 Å². The summed E-state index contributed by atoms with van der Waals surface area (Å²) in [6.07, 6.45) is 0. The summed E-state index contributed by atoms with van der Waals surface area (Å²) in [4.78, 5) is 0. The molecule has 88 valence electrons. The van der Waals surface area contributed by atoms with Crippen LogP contribution in [0, 0.1) is 0 Å². The standard InChI is InChI=1S/C12H13Br3O/c1-12(2,3)7-4-5-9(16)8(6-7)10(13)11(14)15/h4-6,16H,1-3H3. The predicted octanol–water partition coefficient (Wildman–Crippen LogP) is 5.50. The molecule has 1 rings (SSSR count). The molecule has 1 aromatic carbocycles. The number of phenolic OH excluding ortho intramolecular Hbond substituents is 1. The Hall–Kier alpha value is 0.200. The monoisotopic (exact) mass is 410 g/mol. The first-order valence-electron chi connectivity index (χ1n) is 4.78. The molecule has 0 amide bonds. The fourth-order valence-corrected chi connectivity index (χ4v) is 2.02. The van der Waals surface area contributed by atoms with Gasteiger partial charge in [0.15, 0.2) is 0 Å². The number of aromatic hydroxyl groups is 1. The zero-order chi connectivity index (χ0) is 12.5.